The predicted octanol–water partition coefficient (Wildman–Crippen LogP) is 4.14. The summed E-state index contributed by atoms with van der Waals surface area (Å²) in [6.07, 6.45) is -3.40. The quantitative estimate of drug-likeness (QED) is 0.819. The molecule has 0 atom stereocenters. The second-order valence-electron chi connectivity index (χ2n) is 5.39. The van der Waals surface area contributed by atoms with E-state index in [1.807, 2.05) is 29.2 Å². The van der Waals surface area contributed by atoms with E-state index in [9.17, 15) is 13.2 Å². The van der Waals surface area contributed by atoms with Crippen molar-refractivity contribution in [2.75, 3.05) is 31.1 Å². The Balaban J connectivity index is 1.56. The number of hydrogen-bond acceptors (Lipinski definition) is 4. The highest BCUT2D eigenvalue weighted by atomic mass is 35.5. The second kappa shape index (κ2) is 6.67. The predicted molar refractivity (Wildman–Crippen MR) is 86.1 cm³/mol. The second-order valence-corrected chi connectivity index (χ2v) is 6.84. The minimum Gasteiger partial charge on any atom is -0.346 e. The van der Waals surface area contributed by atoms with Gasteiger partial charge < -0.3 is 4.90 Å². The Morgan fingerprint density at radius 2 is 1.74 bits per heavy atom. The van der Waals surface area contributed by atoms with Crippen LogP contribution >= 0.6 is 22.9 Å². The zero-order valence-electron chi connectivity index (χ0n) is 12.2. The highest BCUT2D eigenvalue weighted by Crippen LogP contribution is 2.36. The van der Waals surface area contributed by atoms with E-state index >= 15 is 0 Å². The number of thiazole rings is 1. The average molecular weight is 362 g/mol. The lowest BCUT2D eigenvalue weighted by molar-refractivity contribution is -0.134. The number of halogens is 4. The van der Waals surface area contributed by atoms with Crippen molar-refractivity contribution < 1.29 is 13.2 Å². The van der Waals surface area contributed by atoms with Crippen LogP contribution in [-0.2, 0) is 12.7 Å². The fourth-order valence-electron chi connectivity index (χ4n) is 2.49. The van der Waals surface area contributed by atoms with E-state index in [-0.39, 0.29) is 0 Å². The molecule has 1 aromatic carbocycles. The third-order valence-corrected chi connectivity index (χ3v) is 5.09. The molecule has 23 heavy (non-hydrogen) atoms. The van der Waals surface area contributed by atoms with Crippen molar-refractivity contribution in [2.45, 2.75) is 12.7 Å². The van der Waals surface area contributed by atoms with Crippen LogP contribution in [0.3, 0.4) is 0 Å². The van der Waals surface area contributed by atoms with E-state index in [0.717, 1.165) is 25.8 Å². The fraction of sp³-hybridized carbons (Fsp3) is 0.400. The van der Waals surface area contributed by atoms with Crippen LogP contribution in [0.25, 0.3) is 0 Å². The smallest absolute Gasteiger partial charge is 0.346 e. The zero-order chi connectivity index (χ0) is 16.4. The fourth-order valence-corrected chi connectivity index (χ4v) is 3.45. The molecular weight excluding hydrogens is 347 g/mol. The van der Waals surface area contributed by atoms with Crippen molar-refractivity contribution in [1.82, 2.24) is 9.88 Å². The normalized spacial score (nSPS) is 16.8. The summed E-state index contributed by atoms with van der Waals surface area (Å²) in [6, 6.07) is 7.71. The van der Waals surface area contributed by atoms with Crippen LogP contribution in [0.15, 0.2) is 30.5 Å². The van der Waals surface area contributed by atoms with Crippen molar-refractivity contribution in [1.29, 1.82) is 0 Å². The molecule has 2 aromatic rings. The summed E-state index contributed by atoms with van der Waals surface area (Å²) < 4.78 is 37.9. The molecule has 0 spiro atoms. The van der Waals surface area contributed by atoms with Crippen molar-refractivity contribution in [2.24, 2.45) is 0 Å². The van der Waals surface area contributed by atoms with Crippen molar-refractivity contribution in [3.05, 3.63) is 45.9 Å². The Morgan fingerprint density at radius 3 is 2.30 bits per heavy atom. The monoisotopic (exact) mass is 361 g/mol. The summed E-state index contributed by atoms with van der Waals surface area (Å²) in [7, 11) is 0. The van der Waals surface area contributed by atoms with Gasteiger partial charge in [-0.3, -0.25) is 4.90 Å². The van der Waals surface area contributed by atoms with Gasteiger partial charge in [0.25, 0.3) is 0 Å². The van der Waals surface area contributed by atoms with Gasteiger partial charge in [0.15, 0.2) is 5.13 Å². The molecule has 0 saturated carbocycles. The van der Waals surface area contributed by atoms with Gasteiger partial charge in [0.2, 0.25) is 0 Å². The van der Waals surface area contributed by atoms with E-state index < -0.39 is 11.1 Å². The molecule has 2 heterocycles. The van der Waals surface area contributed by atoms with Crippen molar-refractivity contribution in [3.8, 4) is 0 Å². The van der Waals surface area contributed by atoms with Crippen LogP contribution in [0.5, 0.6) is 0 Å². The highest BCUT2D eigenvalue weighted by molar-refractivity contribution is 7.15. The SMILES string of the molecule is FC(F)(F)c1cnc(N2CCN(Cc3ccc(Cl)cc3)CC2)s1. The first-order chi connectivity index (χ1) is 10.9. The van der Waals surface area contributed by atoms with Crippen LogP contribution in [-0.4, -0.2) is 36.1 Å². The highest BCUT2D eigenvalue weighted by Gasteiger charge is 2.34. The first-order valence-electron chi connectivity index (χ1n) is 7.16. The summed E-state index contributed by atoms with van der Waals surface area (Å²) in [6.45, 7) is 3.76. The molecule has 1 aliphatic heterocycles. The lowest BCUT2D eigenvalue weighted by atomic mass is 10.2. The average Bonchev–Trinajstić information content (AvgIpc) is 3.00. The minimum absolute atomic E-state index is 0.448. The molecule has 3 rings (SSSR count). The van der Waals surface area contributed by atoms with Gasteiger partial charge in [0.1, 0.15) is 4.88 Å². The maximum absolute atomic E-state index is 12.6. The lowest BCUT2D eigenvalue weighted by Gasteiger charge is -2.34. The Hall–Kier alpha value is -1.31. The first-order valence-corrected chi connectivity index (χ1v) is 8.36. The topological polar surface area (TPSA) is 19.4 Å². The molecule has 124 valence electrons. The van der Waals surface area contributed by atoms with E-state index in [0.29, 0.717) is 34.6 Å². The molecule has 1 fully saturated rings. The van der Waals surface area contributed by atoms with E-state index in [1.54, 1.807) is 0 Å². The summed E-state index contributed by atoms with van der Waals surface area (Å²) in [5, 5.41) is 1.16. The Bertz CT molecular complexity index is 649. The summed E-state index contributed by atoms with van der Waals surface area (Å²) in [5.41, 5.74) is 1.18. The Kier molecular flexibility index (Phi) is 4.79. The number of anilines is 1. The molecule has 0 aliphatic carbocycles. The molecule has 0 N–H and O–H groups in total. The Morgan fingerprint density at radius 1 is 1.09 bits per heavy atom. The van der Waals surface area contributed by atoms with E-state index in [1.165, 1.54) is 5.56 Å². The molecule has 0 radical (unpaired) electrons. The lowest BCUT2D eigenvalue weighted by Crippen LogP contribution is -2.45. The van der Waals surface area contributed by atoms with Gasteiger partial charge in [-0.2, -0.15) is 13.2 Å². The number of nitrogens with zero attached hydrogens (tertiary/aromatic N) is 3. The van der Waals surface area contributed by atoms with Gasteiger partial charge in [0, 0.05) is 37.7 Å². The summed E-state index contributed by atoms with van der Waals surface area (Å²) in [4.78, 5) is 7.46. The van der Waals surface area contributed by atoms with Crippen LogP contribution in [0.1, 0.15) is 10.4 Å². The maximum atomic E-state index is 12.6. The van der Waals surface area contributed by atoms with Gasteiger partial charge >= 0.3 is 6.18 Å². The minimum atomic E-state index is -4.31. The van der Waals surface area contributed by atoms with Crippen LogP contribution < -0.4 is 4.90 Å². The van der Waals surface area contributed by atoms with Crippen LogP contribution in [0, 0.1) is 0 Å². The number of hydrogen-bond donors (Lipinski definition) is 0. The molecule has 1 saturated heterocycles. The molecule has 0 amide bonds. The molecule has 1 aliphatic rings. The number of aromatic nitrogens is 1. The molecule has 0 bridgehead atoms. The number of alkyl halides is 3. The van der Waals surface area contributed by atoms with Gasteiger partial charge in [-0.15, -0.1) is 0 Å². The van der Waals surface area contributed by atoms with Crippen molar-refractivity contribution >= 4 is 28.1 Å². The van der Waals surface area contributed by atoms with E-state index in [2.05, 4.69) is 9.88 Å². The third kappa shape index (κ3) is 4.16. The van der Waals surface area contributed by atoms with Crippen LogP contribution in [0.2, 0.25) is 5.02 Å². The van der Waals surface area contributed by atoms with Crippen LogP contribution in [0.4, 0.5) is 18.3 Å². The Labute approximate surface area is 141 Å². The van der Waals surface area contributed by atoms with Gasteiger partial charge in [-0.25, -0.2) is 4.98 Å². The maximum Gasteiger partial charge on any atom is 0.427 e. The van der Waals surface area contributed by atoms with Gasteiger partial charge in [-0.05, 0) is 17.7 Å². The number of rotatable bonds is 3. The summed E-state index contributed by atoms with van der Waals surface area (Å²) in [5.74, 6) is 0. The molecule has 3 nitrogen and oxygen atoms in total. The third-order valence-electron chi connectivity index (χ3n) is 3.74. The zero-order valence-corrected chi connectivity index (χ0v) is 13.8. The number of piperazine rings is 1. The standard InChI is InChI=1S/C15H15ClF3N3S/c16-12-3-1-11(2-4-12)10-21-5-7-22(8-6-21)14-20-9-13(23-14)15(17,18)19/h1-4,9H,5-8,10H2. The van der Waals surface area contributed by atoms with E-state index in [4.69, 9.17) is 11.6 Å². The van der Waals surface area contributed by atoms with Gasteiger partial charge in [0.05, 0.1) is 6.20 Å². The molecule has 1 aromatic heterocycles. The first kappa shape index (κ1) is 16.5. The van der Waals surface area contributed by atoms with Gasteiger partial charge in [-0.1, -0.05) is 35.1 Å². The molecule has 8 heteroatoms. The summed E-state index contributed by atoms with van der Waals surface area (Å²) >= 11 is 6.58. The number of benzene rings is 1. The van der Waals surface area contributed by atoms with Crippen molar-refractivity contribution in [3.63, 3.8) is 0 Å². The molecule has 0 unspecified atom stereocenters. The largest absolute Gasteiger partial charge is 0.427 e. The molecular formula is C15H15ClF3N3S.